The number of rotatable bonds is 3. The Morgan fingerprint density at radius 1 is 1.26 bits per heavy atom. The molecule has 0 amide bonds. The van der Waals surface area contributed by atoms with Crippen LogP contribution in [-0.4, -0.2) is 4.21 Å². The Hall–Kier alpha value is -2.19. The van der Waals surface area contributed by atoms with Crippen molar-refractivity contribution in [1.82, 2.24) is 0 Å². The van der Waals surface area contributed by atoms with Crippen LogP contribution in [0.3, 0.4) is 0 Å². The van der Waals surface area contributed by atoms with E-state index in [2.05, 4.69) is 0 Å². The summed E-state index contributed by atoms with van der Waals surface area (Å²) < 4.78 is 25.8. The molecule has 0 fully saturated rings. The molecular weight excluding hydrogens is 263 g/mol. The number of nitrogens with two attached hydrogens (primary N) is 1. The summed E-state index contributed by atoms with van der Waals surface area (Å²) in [4.78, 5) is 0.476. The third-order valence-corrected chi connectivity index (χ3v) is 4.06. The first-order valence-corrected chi connectivity index (χ1v) is 6.85. The number of halogens is 1. The van der Waals surface area contributed by atoms with Gasteiger partial charge in [-0.15, -0.1) is 0 Å². The van der Waals surface area contributed by atoms with Gasteiger partial charge in [-0.25, -0.2) is 4.39 Å². The minimum atomic E-state index is -1.44. The topological polar surface area (TPSA) is 66.9 Å². The molecule has 0 saturated carbocycles. The van der Waals surface area contributed by atoms with Gasteiger partial charge < -0.3 is 5.73 Å². The molecule has 0 bridgehead atoms. The lowest BCUT2D eigenvalue weighted by atomic mass is 10.1. The quantitative estimate of drug-likeness (QED) is 0.875. The van der Waals surface area contributed by atoms with Gasteiger partial charge in [-0.1, -0.05) is 12.1 Å². The van der Waals surface area contributed by atoms with Crippen molar-refractivity contribution < 1.29 is 8.60 Å². The summed E-state index contributed by atoms with van der Waals surface area (Å²) in [5.41, 5.74) is 6.74. The Morgan fingerprint density at radius 2 is 2.00 bits per heavy atom. The van der Waals surface area contributed by atoms with Crippen molar-refractivity contribution >= 4 is 16.5 Å². The zero-order valence-electron chi connectivity index (χ0n) is 9.97. The van der Waals surface area contributed by atoms with E-state index in [4.69, 9.17) is 11.0 Å². The van der Waals surface area contributed by atoms with Crippen LogP contribution in [0.1, 0.15) is 11.1 Å². The predicted molar refractivity (Wildman–Crippen MR) is 72.1 cm³/mol. The second-order valence-corrected chi connectivity index (χ2v) is 5.37. The Labute approximate surface area is 112 Å². The molecule has 0 heterocycles. The highest BCUT2D eigenvalue weighted by molar-refractivity contribution is 7.84. The first-order valence-electron chi connectivity index (χ1n) is 5.53. The van der Waals surface area contributed by atoms with E-state index in [1.807, 2.05) is 6.07 Å². The maximum atomic E-state index is 13.6. The largest absolute Gasteiger partial charge is 0.398 e. The van der Waals surface area contributed by atoms with Crippen LogP contribution in [0, 0.1) is 17.1 Å². The van der Waals surface area contributed by atoms with Gasteiger partial charge in [-0.05, 0) is 30.3 Å². The van der Waals surface area contributed by atoms with Crippen molar-refractivity contribution in [2.45, 2.75) is 10.6 Å². The molecule has 1 atom stereocenters. The second kappa shape index (κ2) is 5.63. The summed E-state index contributed by atoms with van der Waals surface area (Å²) >= 11 is 0. The fraction of sp³-hybridized carbons (Fsp3) is 0.0714. The van der Waals surface area contributed by atoms with Gasteiger partial charge in [0.1, 0.15) is 5.82 Å². The first-order chi connectivity index (χ1) is 9.11. The summed E-state index contributed by atoms with van der Waals surface area (Å²) in [6.07, 6.45) is 0. The van der Waals surface area contributed by atoms with Crippen molar-refractivity contribution in [3.8, 4) is 6.07 Å². The van der Waals surface area contributed by atoms with E-state index in [0.29, 0.717) is 16.1 Å². The molecule has 0 radical (unpaired) electrons. The Bertz CT molecular complexity index is 679. The fourth-order valence-electron chi connectivity index (χ4n) is 1.66. The zero-order chi connectivity index (χ0) is 13.8. The number of nitriles is 1. The molecule has 2 aromatic rings. The normalized spacial score (nSPS) is 11.8. The van der Waals surface area contributed by atoms with E-state index < -0.39 is 16.6 Å². The summed E-state index contributed by atoms with van der Waals surface area (Å²) in [5.74, 6) is -0.475. The van der Waals surface area contributed by atoms with E-state index >= 15 is 0 Å². The average molecular weight is 274 g/mol. The van der Waals surface area contributed by atoms with Crippen LogP contribution < -0.4 is 5.73 Å². The molecule has 0 aliphatic carbocycles. The van der Waals surface area contributed by atoms with Crippen LogP contribution in [0.5, 0.6) is 0 Å². The summed E-state index contributed by atoms with van der Waals surface area (Å²) in [7, 11) is -1.44. The van der Waals surface area contributed by atoms with Gasteiger partial charge in [0.15, 0.2) is 0 Å². The predicted octanol–water partition coefficient (Wildman–Crippen LogP) is 2.59. The highest BCUT2D eigenvalue weighted by atomic mass is 32.2. The molecule has 2 rings (SSSR count). The Morgan fingerprint density at radius 3 is 2.68 bits per heavy atom. The minimum absolute atomic E-state index is 0.00440. The molecule has 96 valence electrons. The molecule has 0 aliphatic rings. The lowest BCUT2D eigenvalue weighted by Crippen LogP contribution is -2.02. The third-order valence-electron chi connectivity index (χ3n) is 2.63. The molecule has 0 saturated heterocycles. The summed E-state index contributed by atoms with van der Waals surface area (Å²) in [5, 5.41) is 8.78. The van der Waals surface area contributed by atoms with Crippen LogP contribution in [0.4, 0.5) is 10.1 Å². The molecule has 1 unspecified atom stereocenters. The number of anilines is 1. The maximum absolute atomic E-state index is 13.6. The molecule has 2 N–H and O–H groups in total. The lowest BCUT2D eigenvalue weighted by Gasteiger charge is -2.06. The highest BCUT2D eigenvalue weighted by Gasteiger charge is 2.12. The van der Waals surface area contributed by atoms with Crippen LogP contribution in [-0.2, 0) is 16.6 Å². The zero-order valence-corrected chi connectivity index (χ0v) is 10.8. The van der Waals surface area contributed by atoms with Gasteiger partial charge in [-0.2, -0.15) is 5.26 Å². The Balaban J connectivity index is 2.30. The molecule has 2 aromatic carbocycles. The number of benzene rings is 2. The molecule has 0 aliphatic heterocycles. The van der Waals surface area contributed by atoms with E-state index in [0.717, 1.165) is 0 Å². The van der Waals surface area contributed by atoms with Crippen molar-refractivity contribution in [3.63, 3.8) is 0 Å². The van der Waals surface area contributed by atoms with Crippen molar-refractivity contribution in [2.75, 3.05) is 5.73 Å². The van der Waals surface area contributed by atoms with Crippen LogP contribution in [0.25, 0.3) is 0 Å². The highest BCUT2D eigenvalue weighted by Crippen LogP contribution is 2.20. The van der Waals surface area contributed by atoms with Crippen molar-refractivity contribution in [3.05, 3.63) is 59.4 Å². The fourth-order valence-corrected chi connectivity index (χ4v) is 2.88. The summed E-state index contributed by atoms with van der Waals surface area (Å²) in [6, 6.07) is 12.7. The van der Waals surface area contributed by atoms with E-state index in [9.17, 15) is 8.60 Å². The molecule has 5 heteroatoms. The maximum Gasteiger partial charge on any atom is 0.127 e. The van der Waals surface area contributed by atoms with Gasteiger partial charge in [0.05, 0.1) is 33.1 Å². The van der Waals surface area contributed by atoms with Crippen LogP contribution in [0.2, 0.25) is 0 Å². The van der Waals surface area contributed by atoms with Crippen molar-refractivity contribution in [1.29, 1.82) is 5.26 Å². The van der Waals surface area contributed by atoms with Crippen LogP contribution >= 0.6 is 0 Å². The molecule has 0 aromatic heterocycles. The number of nitrogen functional groups attached to an aromatic ring is 1. The lowest BCUT2D eigenvalue weighted by molar-refractivity contribution is 0.615. The smallest absolute Gasteiger partial charge is 0.127 e. The van der Waals surface area contributed by atoms with Gasteiger partial charge >= 0.3 is 0 Å². The SMILES string of the molecule is N#Cc1ccc(F)c(CS(=O)c2ccccc2N)c1. The van der Waals surface area contributed by atoms with Gasteiger partial charge in [0, 0.05) is 11.3 Å². The second-order valence-electron chi connectivity index (χ2n) is 3.95. The number of hydrogen-bond acceptors (Lipinski definition) is 3. The third kappa shape index (κ3) is 2.98. The minimum Gasteiger partial charge on any atom is -0.398 e. The van der Waals surface area contributed by atoms with Gasteiger partial charge in [0.25, 0.3) is 0 Å². The van der Waals surface area contributed by atoms with E-state index in [1.165, 1.54) is 18.2 Å². The van der Waals surface area contributed by atoms with E-state index in [-0.39, 0.29) is 11.3 Å². The Kier molecular flexibility index (Phi) is 3.93. The van der Waals surface area contributed by atoms with Crippen molar-refractivity contribution in [2.24, 2.45) is 0 Å². The summed E-state index contributed by atoms with van der Waals surface area (Å²) in [6.45, 7) is 0. The number of para-hydroxylation sites is 1. The molecule has 19 heavy (non-hydrogen) atoms. The molecule has 3 nitrogen and oxygen atoms in total. The number of nitrogens with zero attached hydrogens (tertiary/aromatic N) is 1. The average Bonchev–Trinajstić information content (AvgIpc) is 2.41. The van der Waals surface area contributed by atoms with Gasteiger partial charge in [-0.3, -0.25) is 4.21 Å². The molecule has 0 spiro atoms. The van der Waals surface area contributed by atoms with E-state index in [1.54, 1.807) is 24.3 Å². The molecular formula is C14H11FN2OS. The van der Waals surface area contributed by atoms with Gasteiger partial charge in [0.2, 0.25) is 0 Å². The number of hydrogen-bond donors (Lipinski definition) is 1. The monoisotopic (exact) mass is 274 g/mol. The standard InChI is InChI=1S/C14H11FN2OS/c15-12-6-5-10(8-16)7-11(12)9-19(18)14-4-2-1-3-13(14)17/h1-7H,9,17H2. The first kappa shape index (κ1) is 13.2. The van der Waals surface area contributed by atoms with Crippen LogP contribution in [0.15, 0.2) is 47.4 Å².